The van der Waals surface area contributed by atoms with Crippen molar-refractivity contribution in [3.8, 4) is 0 Å². The van der Waals surface area contributed by atoms with Crippen LogP contribution in [-0.4, -0.2) is 50.9 Å². The van der Waals surface area contributed by atoms with E-state index in [0.29, 0.717) is 25.3 Å². The van der Waals surface area contributed by atoms with Crippen LogP contribution in [0.15, 0.2) is 52.4 Å². The predicted octanol–water partition coefficient (Wildman–Crippen LogP) is 5.76. The van der Waals surface area contributed by atoms with Crippen LogP contribution in [0.3, 0.4) is 0 Å². The molecule has 9 heteroatoms. The van der Waals surface area contributed by atoms with Crippen molar-refractivity contribution in [2.75, 3.05) is 32.1 Å². The Bertz CT molecular complexity index is 1200. The molecule has 0 spiro atoms. The highest BCUT2D eigenvalue weighted by Crippen LogP contribution is 2.33. The van der Waals surface area contributed by atoms with Gasteiger partial charge in [-0.05, 0) is 61.4 Å². The third kappa shape index (κ3) is 8.84. The number of amidine groups is 1. The highest BCUT2D eigenvalue weighted by atomic mass is 32.2. The molecule has 0 fully saturated rings. The number of nitrogen functional groups attached to an aromatic ring is 1. The van der Waals surface area contributed by atoms with Crippen LogP contribution >= 0.6 is 0 Å². The molecule has 0 bridgehead atoms. The van der Waals surface area contributed by atoms with Gasteiger partial charge in [0.2, 0.25) is 0 Å². The lowest BCUT2D eigenvalue weighted by molar-refractivity contribution is -0.141. The molecule has 1 aliphatic heterocycles. The minimum Gasteiger partial charge on any atom is -0.466 e. The largest absolute Gasteiger partial charge is 0.466 e. The van der Waals surface area contributed by atoms with E-state index in [1.165, 1.54) is 15.9 Å². The van der Waals surface area contributed by atoms with Crippen LogP contribution in [0, 0.1) is 6.92 Å². The number of hydrogen-bond donors (Lipinski definition) is 1. The molecule has 1 aliphatic rings. The van der Waals surface area contributed by atoms with Crippen LogP contribution in [0.2, 0.25) is 0 Å². The van der Waals surface area contributed by atoms with E-state index in [1.54, 1.807) is 25.1 Å². The second kappa shape index (κ2) is 14.3. The maximum absolute atomic E-state index is 13.0. The predicted molar refractivity (Wildman–Crippen MR) is 153 cm³/mol. The first kappa shape index (κ1) is 31.3. The Balaban J connectivity index is 0.000000352. The maximum atomic E-state index is 13.0. The Morgan fingerprint density at radius 3 is 2.37 bits per heavy atom. The number of unbranched alkanes of at least 4 members (excludes halogenated alkanes) is 1. The lowest BCUT2D eigenvalue weighted by atomic mass is 9.86. The average Bonchev–Trinajstić information content (AvgIpc) is 2.84. The molecule has 0 amide bonds. The molecule has 2 aromatic carbocycles. The number of aliphatic imine (C=N–C) groups is 1. The summed E-state index contributed by atoms with van der Waals surface area (Å²) in [6.07, 6.45) is 2.36. The van der Waals surface area contributed by atoms with Gasteiger partial charge < -0.3 is 15.2 Å². The SMILES string of the molecule is CCCCOCCCN1C(CC(=O)OCC)=Nc2ccccc2S1(=O)=O.Cc1ccc(C(C)(C)C)cc1N. The third-order valence-electron chi connectivity index (χ3n) is 6.02. The fraction of sp³-hybridized carbons (Fsp3) is 0.517. The average molecular weight is 546 g/mol. The van der Waals surface area contributed by atoms with Crippen LogP contribution in [0.4, 0.5) is 11.4 Å². The number of carbonyl (C=O) groups excluding carboxylic acids is 1. The number of anilines is 1. The number of fused-ring (bicyclic) bond motifs is 1. The monoisotopic (exact) mass is 545 g/mol. The number of ether oxygens (including phenoxy) is 2. The molecule has 0 saturated heterocycles. The number of nitrogens with two attached hydrogens (primary N) is 1. The van der Waals surface area contributed by atoms with Crippen molar-refractivity contribution < 1.29 is 22.7 Å². The van der Waals surface area contributed by atoms with Crippen LogP contribution in [0.5, 0.6) is 0 Å². The summed E-state index contributed by atoms with van der Waals surface area (Å²) in [5, 5.41) is 0. The number of nitrogens with zero attached hydrogens (tertiary/aromatic N) is 2. The highest BCUT2D eigenvalue weighted by Gasteiger charge is 2.34. The zero-order valence-corrected chi connectivity index (χ0v) is 24.4. The van der Waals surface area contributed by atoms with E-state index in [9.17, 15) is 13.2 Å². The van der Waals surface area contributed by atoms with E-state index in [-0.39, 0.29) is 35.7 Å². The standard InChI is InChI=1S/C18H26N2O5S.C11H17N/c1-3-5-12-24-13-8-11-20-17(14-18(21)25-4-2)19-15-9-6-7-10-16(15)26(20,22)23;1-8-5-6-9(7-10(8)12)11(2,3)4/h6-7,9-10H,3-5,8,11-14H2,1-2H3;5-7H,12H2,1-4H3. The van der Waals surface area contributed by atoms with Crippen LogP contribution < -0.4 is 5.73 Å². The fourth-order valence-corrected chi connectivity index (χ4v) is 5.32. The first-order valence-electron chi connectivity index (χ1n) is 13.2. The summed E-state index contributed by atoms with van der Waals surface area (Å²) in [7, 11) is -3.75. The number of aryl methyl sites for hydroxylation is 1. The van der Waals surface area contributed by atoms with Gasteiger partial charge in [-0.2, -0.15) is 0 Å². The van der Waals surface area contributed by atoms with Gasteiger partial charge in [0.1, 0.15) is 17.2 Å². The summed E-state index contributed by atoms with van der Waals surface area (Å²) >= 11 is 0. The van der Waals surface area contributed by atoms with Crippen molar-refractivity contribution in [1.82, 2.24) is 4.31 Å². The summed E-state index contributed by atoms with van der Waals surface area (Å²) in [6.45, 7) is 14.0. The molecule has 0 atom stereocenters. The van der Waals surface area contributed by atoms with Gasteiger partial charge in [-0.15, -0.1) is 0 Å². The Morgan fingerprint density at radius 1 is 1.05 bits per heavy atom. The van der Waals surface area contributed by atoms with E-state index in [4.69, 9.17) is 15.2 Å². The summed E-state index contributed by atoms with van der Waals surface area (Å²) in [5.74, 6) is -0.305. The minimum atomic E-state index is -3.75. The molecule has 210 valence electrons. The van der Waals surface area contributed by atoms with Gasteiger partial charge in [-0.1, -0.05) is 58.4 Å². The number of hydrogen-bond acceptors (Lipinski definition) is 7. The summed E-state index contributed by atoms with van der Waals surface area (Å²) in [6, 6.07) is 12.8. The number of benzene rings is 2. The van der Waals surface area contributed by atoms with Gasteiger partial charge in [0, 0.05) is 25.4 Å². The molecule has 38 heavy (non-hydrogen) atoms. The van der Waals surface area contributed by atoms with E-state index >= 15 is 0 Å². The second-order valence-corrected chi connectivity index (χ2v) is 12.0. The zero-order valence-electron chi connectivity index (χ0n) is 23.6. The minimum absolute atomic E-state index is 0.152. The number of sulfonamides is 1. The molecule has 0 unspecified atom stereocenters. The number of carbonyl (C=O) groups is 1. The van der Waals surface area contributed by atoms with Gasteiger partial charge in [0.15, 0.2) is 0 Å². The van der Waals surface area contributed by atoms with Gasteiger partial charge in [0.05, 0.1) is 12.3 Å². The Kier molecular flexibility index (Phi) is 11.8. The normalized spacial score (nSPS) is 14.2. The van der Waals surface area contributed by atoms with Gasteiger partial charge in [-0.25, -0.2) is 13.4 Å². The third-order valence-corrected chi connectivity index (χ3v) is 7.89. The molecule has 0 aromatic heterocycles. The molecule has 2 aromatic rings. The van der Waals surface area contributed by atoms with Crippen molar-refractivity contribution in [1.29, 1.82) is 0 Å². The van der Waals surface area contributed by atoms with E-state index in [2.05, 4.69) is 50.9 Å². The highest BCUT2D eigenvalue weighted by molar-refractivity contribution is 7.90. The molecule has 0 saturated carbocycles. The van der Waals surface area contributed by atoms with Crippen LogP contribution in [-0.2, 0) is 29.7 Å². The number of para-hydroxylation sites is 1. The maximum Gasteiger partial charge on any atom is 0.313 e. The summed E-state index contributed by atoms with van der Waals surface area (Å²) < 4.78 is 37.6. The lowest BCUT2D eigenvalue weighted by Gasteiger charge is -2.29. The lowest BCUT2D eigenvalue weighted by Crippen LogP contribution is -2.41. The fourth-order valence-electron chi connectivity index (χ4n) is 3.70. The molecule has 0 radical (unpaired) electrons. The zero-order chi connectivity index (χ0) is 28.3. The molecule has 8 nitrogen and oxygen atoms in total. The van der Waals surface area contributed by atoms with E-state index in [1.807, 2.05) is 6.92 Å². The van der Waals surface area contributed by atoms with E-state index < -0.39 is 16.0 Å². The number of rotatable bonds is 10. The van der Waals surface area contributed by atoms with Crippen molar-refractivity contribution in [2.24, 2.45) is 4.99 Å². The summed E-state index contributed by atoms with van der Waals surface area (Å²) in [4.78, 5) is 16.4. The summed E-state index contributed by atoms with van der Waals surface area (Å²) in [5.41, 5.74) is 9.71. The topological polar surface area (TPSA) is 111 Å². The first-order valence-corrected chi connectivity index (χ1v) is 14.6. The van der Waals surface area contributed by atoms with Crippen molar-refractivity contribution >= 4 is 33.2 Å². The molecule has 2 N–H and O–H groups in total. The Hall–Kier alpha value is -2.91. The van der Waals surface area contributed by atoms with E-state index in [0.717, 1.165) is 24.1 Å². The molecular weight excluding hydrogens is 502 g/mol. The van der Waals surface area contributed by atoms with Crippen LogP contribution in [0.1, 0.15) is 71.4 Å². The van der Waals surface area contributed by atoms with Gasteiger partial charge in [0.25, 0.3) is 10.0 Å². The van der Waals surface area contributed by atoms with Crippen molar-refractivity contribution in [2.45, 2.75) is 77.5 Å². The molecule has 3 rings (SSSR count). The Labute approximate surface area is 228 Å². The molecule has 0 aliphatic carbocycles. The number of esters is 1. The molecular formula is C29H43N3O5S. The molecule has 1 heterocycles. The quantitative estimate of drug-likeness (QED) is 0.231. The van der Waals surface area contributed by atoms with Gasteiger partial charge in [-0.3, -0.25) is 9.10 Å². The van der Waals surface area contributed by atoms with Gasteiger partial charge >= 0.3 is 5.97 Å². The van der Waals surface area contributed by atoms with Crippen LogP contribution in [0.25, 0.3) is 0 Å². The first-order chi connectivity index (χ1) is 17.9. The van der Waals surface area contributed by atoms with Crippen molar-refractivity contribution in [3.63, 3.8) is 0 Å². The van der Waals surface area contributed by atoms with Crippen molar-refractivity contribution in [3.05, 3.63) is 53.6 Å². The second-order valence-electron chi connectivity index (χ2n) is 10.2. The smallest absolute Gasteiger partial charge is 0.313 e. The Morgan fingerprint density at radius 2 is 1.74 bits per heavy atom.